The summed E-state index contributed by atoms with van der Waals surface area (Å²) in [6.07, 6.45) is 3.69. The molecule has 0 radical (unpaired) electrons. The third-order valence-corrected chi connectivity index (χ3v) is 2.92. The van der Waals surface area contributed by atoms with Crippen molar-refractivity contribution in [3.05, 3.63) is 40.4 Å². The number of nitrogens with one attached hydrogen (secondary N) is 1. The van der Waals surface area contributed by atoms with Gasteiger partial charge < -0.3 is 5.32 Å². The van der Waals surface area contributed by atoms with E-state index in [9.17, 15) is 0 Å². The van der Waals surface area contributed by atoms with Crippen molar-refractivity contribution in [2.45, 2.75) is 20.4 Å². The Bertz CT molecular complexity index is 514. The Kier molecular flexibility index (Phi) is 3.45. The normalized spacial score (nSPS) is 10.8. The van der Waals surface area contributed by atoms with Crippen LogP contribution in [0.4, 0.5) is 0 Å². The highest BCUT2D eigenvalue weighted by atomic mass is 35.5. The predicted octanol–water partition coefficient (Wildman–Crippen LogP) is 2.26. The zero-order chi connectivity index (χ0) is 12.4. The Balaban J connectivity index is 2.52. The molecule has 2 rings (SSSR count). The molecular formula is C12H15ClN4. The summed E-state index contributed by atoms with van der Waals surface area (Å²) in [5.41, 5.74) is 3.90. The van der Waals surface area contributed by atoms with Crippen molar-refractivity contribution >= 4 is 11.6 Å². The van der Waals surface area contributed by atoms with Crippen LogP contribution in [0.2, 0.25) is 5.02 Å². The summed E-state index contributed by atoms with van der Waals surface area (Å²) in [5.74, 6) is 0. The first kappa shape index (κ1) is 12.1. The molecule has 0 aliphatic rings. The largest absolute Gasteiger partial charge is 0.316 e. The van der Waals surface area contributed by atoms with Gasteiger partial charge in [0.2, 0.25) is 0 Å². The first-order valence-electron chi connectivity index (χ1n) is 5.44. The molecular weight excluding hydrogens is 236 g/mol. The van der Waals surface area contributed by atoms with Gasteiger partial charge in [-0.3, -0.25) is 4.98 Å². The molecule has 17 heavy (non-hydrogen) atoms. The Morgan fingerprint density at radius 3 is 2.76 bits per heavy atom. The SMILES string of the molecule is CNCc1cnc(C)cc1-n1cc(Cl)c(C)n1. The van der Waals surface area contributed by atoms with E-state index in [4.69, 9.17) is 11.6 Å². The van der Waals surface area contributed by atoms with Gasteiger partial charge in [0.15, 0.2) is 0 Å². The lowest BCUT2D eigenvalue weighted by Gasteiger charge is -2.09. The van der Waals surface area contributed by atoms with E-state index in [1.165, 1.54) is 0 Å². The summed E-state index contributed by atoms with van der Waals surface area (Å²) in [6.45, 7) is 4.61. The smallest absolute Gasteiger partial charge is 0.0819 e. The van der Waals surface area contributed by atoms with Crippen molar-refractivity contribution in [1.29, 1.82) is 0 Å². The van der Waals surface area contributed by atoms with Crippen LogP contribution in [0, 0.1) is 13.8 Å². The number of halogens is 1. The number of rotatable bonds is 3. The van der Waals surface area contributed by atoms with Gasteiger partial charge in [-0.1, -0.05) is 11.6 Å². The van der Waals surface area contributed by atoms with Crippen molar-refractivity contribution in [3.63, 3.8) is 0 Å². The summed E-state index contributed by atoms with van der Waals surface area (Å²) in [7, 11) is 1.91. The molecule has 0 spiro atoms. The van der Waals surface area contributed by atoms with Crippen LogP contribution in [0.1, 0.15) is 17.0 Å². The third-order valence-electron chi connectivity index (χ3n) is 2.55. The number of nitrogens with zero attached hydrogens (tertiary/aromatic N) is 3. The molecule has 0 aromatic carbocycles. The van der Waals surface area contributed by atoms with Crippen molar-refractivity contribution in [3.8, 4) is 5.69 Å². The first-order chi connectivity index (χ1) is 8.11. The predicted molar refractivity (Wildman–Crippen MR) is 68.6 cm³/mol. The second kappa shape index (κ2) is 4.85. The average Bonchev–Trinajstić information content (AvgIpc) is 2.62. The van der Waals surface area contributed by atoms with Crippen molar-refractivity contribution in [1.82, 2.24) is 20.1 Å². The van der Waals surface area contributed by atoms with Gasteiger partial charge in [0, 0.05) is 30.2 Å². The lowest BCUT2D eigenvalue weighted by molar-refractivity contribution is 0.778. The minimum absolute atomic E-state index is 0.676. The molecule has 4 nitrogen and oxygen atoms in total. The molecule has 90 valence electrons. The zero-order valence-electron chi connectivity index (χ0n) is 10.2. The van der Waals surface area contributed by atoms with E-state index in [-0.39, 0.29) is 0 Å². The van der Waals surface area contributed by atoms with Gasteiger partial charge >= 0.3 is 0 Å². The van der Waals surface area contributed by atoms with E-state index in [1.54, 1.807) is 4.68 Å². The highest BCUT2D eigenvalue weighted by Gasteiger charge is 2.09. The van der Waals surface area contributed by atoms with E-state index in [2.05, 4.69) is 15.4 Å². The van der Waals surface area contributed by atoms with E-state index in [0.717, 1.165) is 29.2 Å². The molecule has 2 heterocycles. The highest BCUT2D eigenvalue weighted by Crippen LogP contribution is 2.19. The molecule has 0 amide bonds. The number of aryl methyl sites for hydroxylation is 2. The van der Waals surface area contributed by atoms with Gasteiger partial charge in [-0.2, -0.15) is 5.10 Å². The molecule has 0 fully saturated rings. The number of aromatic nitrogens is 3. The second-order valence-corrected chi connectivity index (χ2v) is 4.40. The van der Waals surface area contributed by atoms with E-state index in [0.29, 0.717) is 5.02 Å². The molecule has 0 saturated heterocycles. The summed E-state index contributed by atoms with van der Waals surface area (Å²) in [6, 6.07) is 2.01. The molecule has 2 aromatic rings. The van der Waals surface area contributed by atoms with Crippen LogP contribution in [0.5, 0.6) is 0 Å². The Morgan fingerprint density at radius 2 is 2.18 bits per heavy atom. The maximum absolute atomic E-state index is 6.03. The first-order valence-corrected chi connectivity index (χ1v) is 5.82. The van der Waals surface area contributed by atoms with Crippen LogP contribution in [0.15, 0.2) is 18.5 Å². The van der Waals surface area contributed by atoms with Crippen molar-refractivity contribution in [2.24, 2.45) is 0 Å². The summed E-state index contributed by atoms with van der Waals surface area (Å²) in [5, 5.41) is 8.19. The van der Waals surface area contributed by atoms with Crippen molar-refractivity contribution < 1.29 is 0 Å². The standard InChI is InChI=1S/C12H15ClN4/c1-8-4-12(10(5-14-3)6-15-8)17-7-11(13)9(2)16-17/h4,6-7,14H,5H2,1-3H3. The topological polar surface area (TPSA) is 42.7 Å². The third kappa shape index (κ3) is 2.48. The quantitative estimate of drug-likeness (QED) is 0.909. The van der Waals surface area contributed by atoms with E-state index >= 15 is 0 Å². The number of pyridine rings is 1. The molecule has 0 aliphatic carbocycles. The van der Waals surface area contributed by atoms with Gasteiger partial charge in [-0.05, 0) is 27.0 Å². The fourth-order valence-electron chi connectivity index (χ4n) is 1.68. The molecule has 0 unspecified atom stereocenters. The Morgan fingerprint density at radius 1 is 1.41 bits per heavy atom. The minimum Gasteiger partial charge on any atom is -0.316 e. The number of hydrogen-bond donors (Lipinski definition) is 1. The minimum atomic E-state index is 0.676. The molecule has 0 bridgehead atoms. The average molecular weight is 251 g/mol. The molecule has 5 heteroatoms. The Hall–Kier alpha value is -1.39. The molecule has 0 aliphatic heterocycles. The van der Waals surface area contributed by atoms with E-state index < -0.39 is 0 Å². The zero-order valence-corrected chi connectivity index (χ0v) is 10.9. The van der Waals surface area contributed by atoms with Crippen LogP contribution in [0.3, 0.4) is 0 Å². The maximum atomic E-state index is 6.03. The molecule has 1 N–H and O–H groups in total. The fraction of sp³-hybridized carbons (Fsp3) is 0.333. The summed E-state index contributed by atoms with van der Waals surface area (Å²) < 4.78 is 1.80. The van der Waals surface area contributed by atoms with Gasteiger partial charge in [0.1, 0.15) is 0 Å². The van der Waals surface area contributed by atoms with Crippen LogP contribution in [-0.2, 0) is 6.54 Å². The highest BCUT2D eigenvalue weighted by molar-refractivity contribution is 6.31. The summed E-state index contributed by atoms with van der Waals surface area (Å²) >= 11 is 6.03. The number of hydrogen-bond acceptors (Lipinski definition) is 3. The second-order valence-electron chi connectivity index (χ2n) is 3.99. The van der Waals surface area contributed by atoms with Gasteiger partial charge in [-0.25, -0.2) is 4.68 Å². The van der Waals surface area contributed by atoms with Gasteiger partial charge in [-0.15, -0.1) is 0 Å². The molecule has 2 aromatic heterocycles. The fourth-order valence-corrected chi connectivity index (χ4v) is 1.81. The lowest BCUT2D eigenvalue weighted by Crippen LogP contribution is -2.10. The van der Waals surface area contributed by atoms with E-state index in [1.807, 2.05) is 39.4 Å². The molecule has 0 saturated carbocycles. The van der Waals surface area contributed by atoms with Gasteiger partial charge in [0.05, 0.1) is 16.4 Å². The maximum Gasteiger partial charge on any atom is 0.0819 e. The van der Waals surface area contributed by atoms with Crippen molar-refractivity contribution in [2.75, 3.05) is 7.05 Å². The summed E-state index contributed by atoms with van der Waals surface area (Å²) in [4.78, 5) is 4.30. The van der Waals surface area contributed by atoms with Crippen LogP contribution in [-0.4, -0.2) is 21.8 Å². The lowest BCUT2D eigenvalue weighted by atomic mass is 10.2. The van der Waals surface area contributed by atoms with Crippen LogP contribution in [0.25, 0.3) is 5.69 Å². The van der Waals surface area contributed by atoms with Crippen LogP contribution >= 0.6 is 11.6 Å². The Labute approximate surface area is 106 Å². The monoisotopic (exact) mass is 250 g/mol. The van der Waals surface area contributed by atoms with Crippen LogP contribution < -0.4 is 5.32 Å². The molecule has 0 atom stereocenters. The van der Waals surface area contributed by atoms with Gasteiger partial charge in [0.25, 0.3) is 0 Å².